The lowest BCUT2D eigenvalue weighted by molar-refractivity contribution is -0.664. The van der Waals surface area contributed by atoms with Crippen molar-refractivity contribution in [1.29, 1.82) is 0 Å². The third-order valence-corrected chi connectivity index (χ3v) is 8.58. The van der Waals surface area contributed by atoms with Crippen molar-refractivity contribution >= 4 is 53.0 Å². The largest absolute Gasteiger partial charge is 0.488 e. The monoisotopic (exact) mass is 654 g/mol. The van der Waals surface area contributed by atoms with Gasteiger partial charge in [0.25, 0.3) is 0 Å². The molecule has 4 N–H and O–H groups in total. The molecule has 0 radical (unpaired) electrons. The summed E-state index contributed by atoms with van der Waals surface area (Å²) >= 11 is 0. The molecular formula is C39H40B2N2O6+2. The highest BCUT2D eigenvalue weighted by molar-refractivity contribution is 6.59. The Morgan fingerprint density at radius 2 is 1.14 bits per heavy atom. The molecule has 0 amide bonds. The molecule has 0 saturated carbocycles. The van der Waals surface area contributed by atoms with E-state index < -0.39 is 14.2 Å². The topological polar surface area (TPSA) is 107 Å². The van der Waals surface area contributed by atoms with Gasteiger partial charge >= 0.3 is 14.2 Å². The van der Waals surface area contributed by atoms with Crippen LogP contribution in [-0.4, -0.2) is 47.5 Å². The van der Waals surface area contributed by atoms with Crippen molar-refractivity contribution < 1.29 is 38.7 Å². The number of rotatable bonds is 15. The Kier molecular flexibility index (Phi) is 11.3. The van der Waals surface area contributed by atoms with Crippen LogP contribution in [0.1, 0.15) is 34.2 Å². The zero-order chi connectivity index (χ0) is 34.2. The summed E-state index contributed by atoms with van der Waals surface area (Å²) in [5.74, 6) is 0. The Labute approximate surface area is 287 Å². The number of nitrogens with zero attached hydrogens (tertiary/aromatic N) is 2. The van der Waals surface area contributed by atoms with Gasteiger partial charge in [-0.05, 0) is 52.2 Å². The van der Waals surface area contributed by atoms with Gasteiger partial charge in [-0.25, -0.2) is 0 Å². The molecule has 10 heteroatoms. The summed E-state index contributed by atoms with van der Waals surface area (Å²) in [4.78, 5) is 0. The summed E-state index contributed by atoms with van der Waals surface area (Å²) < 4.78 is 16.1. The van der Waals surface area contributed by atoms with Crippen molar-refractivity contribution in [2.24, 2.45) is 0 Å². The fraction of sp³-hybridized carbons (Fsp3) is 0.179. The van der Waals surface area contributed by atoms with E-state index >= 15 is 0 Å². The molecule has 0 spiro atoms. The molecule has 6 rings (SSSR count). The van der Waals surface area contributed by atoms with Crippen LogP contribution in [-0.2, 0) is 35.8 Å². The van der Waals surface area contributed by atoms with Crippen molar-refractivity contribution in [3.63, 3.8) is 0 Å². The van der Waals surface area contributed by atoms with Crippen LogP contribution in [0.2, 0.25) is 0 Å². The Hall–Kier alpha value is -4.67. The van der Waals surface area contributed by atoms with Gasteiger partial charge in [0, 0.05) is 48.6 Å². The summed E-state index contributed by atoms with van der Waals surface area (Å²) in [6, 6.07) is 33.6. The second kappa shape index (κ2) is 16.2. The molecule has 4 aromatic carbocycles. The average Bonchev–Trinajstić information content (AvgIpc) is 3.11. The summed E-state index contributed by atoms with van der Waals surface area (Å²) in [5, 5.41) is 41.5. The third-order valence-electron chi connectivity index (χ3n) is 8.58. The number of hydrogen-bond donors (Lipinski definition) is 4. The van der Waals surface area contributed by atoms with E-state index in [1.165, 1.54) is 0 Å². The molecule has 8 nitrogen and oxygen atoms in total. The number of hydrogen-bond acceptors (Lipinski definition) is 6. The molecule has 0 saturated heterocycles. The highest BCUT2D eigenvalue weighted by Crippen LogP contribution is 2.21. The maximum absolute atomic E-state index is 10.1. The lowest BCUT2D eigenvalue weighted by Gasteiger charge is -2.10. The van der Waals surface area contributed by atoms with E-state index in [4.69, 9.17) is 9.47 Å². The zero-order valence-corrected chi connectivity index (χ0v) is 27.4. The van der Waals surface area contributed by atoms with Crippen molar-refractivity contribution in [3.05, 3.63) is 150 Å². The lowest BCUT2D eigenvalue weighted by Crippen LogP contribution is -2.38. The second-order valence-corrected chi connectivity index (χ2v) is 12.2. The van der Waals surface area contributed by atoms with E-state index in [1.54, 1.807) is 12.1 Å². The van der Waals surface area contributed by atoms with E-state index in [1.807, 2.05) is 85.2 Å². The minimum atomic E-state index is -1.59. The molecule has 6 aromatic rings. The zero-order valence-electron chi connectivity index (χ0n) is 27.4. The quantitative estimate of drug-likeness (QED) is 0.0588. The van der Waals surface area contributed by atoms with Crippen LogP contribution in [0.4, 0.5) is 0 Å². The SMILES string of the molecule is C=Cc1ccc(COCCCOCc2cc(C[n+]3cccc4c5ccc[n+](Cc6cccc(B(O)O)c6)c5ccc43)cc(B(O)O)c2)cc1. The van der Waals surface area contributed by atoms with Gasteiger partial charge in [0.15, 0.2) is 25.5 Å². The fourth-order valence-corrected chi connectivity index (χ4v) is 6.14. The second-order valence-electron chi connectivity index (χ2n) is 12.2. The maximum atomic E-state index is 10.1. The fourth-order valence-electron chi connectivity index (χ4n) is 6.14. The standard InChI is InChI=1S/C39H40B2N2O6/c1-2-29-11-13-30(14-12-29)27-48-19-6-20-49-28-33-21-32(23-35(24-33)41(46)47)26-43-18-5-10-37-36-9-4-17-42(38(36)15-16-39(37)43)25-31-7-3-8-34(22-31)40(44)45/h2-5,7-18,21-24,44-47H,1,6,19-20,25-28H2/q+2. The highest BCUT2D eigenvalue weighted by atomic mass is 16.5. The molecule has 49 heavy (non-hydrogen) atoms. The normalized spacial score (nSPS) is 11.3. The van der Waals surface area contributed by atoms with Crippen LogP contribution in [0.25, 0.3) is 27.9 Å². The summed E-state index contributed by atoms with van der Waals surface area (Å²) in [5.41, 5.74) is 7.95. The lowest BCUT2D eigenvalue weighted by atomic mass is 9.78. The first kappa shape index (κ1) is 34.2. The van der Waals surface area contributed by atoms with Crippen molar-refractivity contribution in [1.82, 2.24) is 0 Å². The third kappa shape index (κ3) is 8.68. The predicted molar refractivity (Wildman–Crippen MR) is 193 cm³/mol. The molecule has 2 heterocycles. The van der Waals surface area contributed by atoms with Crippen LogP contribution in [0.15, 0.2) is 122 Å². The van der Waals surface area contributed by atoms with Crippen molar-refractivity contribution in [3.8, 4) is 0 Å². The highest BCUT2D eigenvalue weighted by Gasteiger charge is 2.20. The number of benzene rings is 4. The van der Waals surface area contributed by atoms with Crippen LogP contribution < -0.4 is 20.1 Å². The summed E-state index contributed by atoms with van der Waals surface area (Å²) in [7, 11) is -3.10. The maximum Gasteiger partial charge on any atom is 0.488 e. The van der Waals surface area contributed by atoms with E-state index in [2.05, 4.69) is 40.0 Å². The number of ether oxygens (including phenoxy) is 2. The molecule has 0 fully saturated rings. The van der Waals surface area contributed by atoms with E-state index in [0.717, 1.165) is 56.0 Å². The Balaban J connectivity index is 1.13. The first-order chi connectivity index (χ1) is 23.9. The Morgan fingerprint density at radius 1 is 0.571 bits per heavy atom. The van der Waals surface area contributed by atoms with Crippen LogP contribution in [0, 0.1) is 0 Å². The van der Waals surface area contributed by atoms with Crippen molar-refractivity contribution in [2.75, 3.05) is 13.2 Å². The van der Waals surface area contributed by atoms with Gasteiger partial charge in [-0.2, -0.15) is 9.13 Å². The number of pyridine rings is 2. The van der Waals surface area contributed by atoms with Crippen LogP contribution in [0.3, 0.4) is 0 Å². The van der Waals surface area contributed by atoms with E-state index in [9.17, 15) is 20.1 Å². The number of fused-ring (bicyclic) bond motifs is 3. The van der Waals surface area contributed by atoms with Gasteiger partial charge in [0.2, 0.25) is 11.0 Å². The van der Waals surface area contributed by atoms with Crippen LogP contribution in [0.5, 0.6) is 0 Å². The Morgan fingerprint density at radius 3 is 1.76 bits per heavy atom. The minimum Gasteiger partial charge on any atom is -0.423 e. The molecule has 0 aliphatic heterocycles. The molecular weight excluding hydrogens is 614 g/mol. The minimum absolute atomic E-state index is 0.349. The molecule has 0 bridgehead atoms. The van der Waals surface area contributed by atoms with Gasteiger partial charge in [-0.15, -0.1) is 0 Å². The summed E-state index contributed by atoms with van der Waals surface area (Å²) in [6.45, 7) is 6.89. The average molecular weight is 654 g/mol. The molecule has 0 unspecified atom stereocenters. The predicted octanol–water partition coefficient (Wildman–Crippen LogP) is 2.79. The van der Waals surface area contributed by atoms with E-state index in [0.29, 0.717) is 50.4 Å². The molecule has 0 aliphatic rings. The first-order valence-electron chi connectivity index (χ1n) is 16.4. The van der Waals surface area contributed by atoms with Crippen molar-refractivity contribution in [2.45, 2.75) is 32.7 Å². The molecule has 0 atom stereocenters. The van der Waals surface area contributed by atoms with Crippen LogP contribution >= 0.6 is 0 Å². The Bertz CT molecular complexity index is 2050. The van der Waals surface area contributed by atoms with Gasteiger partial charge in [0.1, 0.15) is 0 Å². The smallest absolute Gasteiger partial charge is 0.423 e. The number of aromatic nitrogens is 2. The van der Waals surface area contributed by atoms with Gasteiger partial charge in [-0.1, -0.05) is 73.3 Å². The molecule has 246 valence electrons. The van der Waals surface area contributed by atoms with Gasteiger partial charge < -0.3 is 29.6 Å². The van der Waals surface area contributed by atoms with Gasteiger partial charge in [-0.3, -0.25) is 0 Å². The van der Waals surface area contributed by atoms with E-state index in [-0.39, 0.29) is 0 Å². The summed E-state index contributed by atoms with van der Waals surface area (Å²) in [6.07, 6.45) is 6.62. The molecule has 0 aliphatic carbocycles. The first-order valence-corrected chi connectivity index (χ1v) is 16.4. The molecule has 2 aromatic heterocycles. The van der Waals surface area contributed by atoms with Gasteiger partial charge in [0.05, 0.1) is 24.0 Å².